The van der Waals surface area contributed by atoms with Gasteiger partial charge in [-0.3, -0.25) is 0 Å². The van der Waals surface area contributed by atoms with Crippen molar-refractivity contribution in [1.82, 2.24) is 0 Å². The molecule has 0 spiro atoms. The first-order chi connectivity index (χ1) is 5.74. The molecule has 0 saturated carbocycles. The lowest BCUT2D eigenvalue weighted by Gasteiger charge is -2.01. The van der Waals surface area contributed by atoms with Crippen LogP contribution in [0.25, 0.3) is 0 Å². The Morgan fingerprint density at radius 3 is 2.75 bits per heavy atom. The molecule has 1 aromatic carbocycles. The smallest absolute Gasteiger partial charge is 0.0548 e. The SMILES string of the molecule is OCCCc1ccc(Cl)c(Br)c1. The van der Waals surface area contributed by atoms with E-state index >= 15 is 0 Å². The first-order valence-corrected chi connectivity index (χ1v) is 4.96. The average Bonchev–Trinajstić information content (AvgIpc) is 2.07. The summed E-state index contributed by atoms with van der Waals surface area (Å²) in [5, 5.41) is 9.34. The highest BCUT2D eigenvalue weighted by atomic mass is 79.9. The lowest BCUT2D eigenvalue weighted by Crippen LogP contribution is -1.89. The summed E-state index contributed by atoms with van der Waals surface area (Å²) in [4.78, 5) is 0. The fourth-order valence-corrected chi connectivity index (χ4v) is 1.52. The zero-order valence-corrected chi connectivity index (χ0v) is 8.90. The van der Waals surface area contributed by atoms with Gasteiger partial charge in [0.2, 0.25) is 0 Å². The highest BCUT2D eigenvalue weighted by Crippen LogP contribution is 2.23. The van der Waals surface area contributed by atoms with E-state index in [4.69, 9.17) is 16.7 Å². The Morgan fingerprint density at radius 1 is 1.42 bits per heavy atom. The molecule has 12 heavy (non-hydrogen) atoms. The number of aliphatic hydroxyl groups excluding tert-OH is 1. The number of aryl methyl sites for hydroxylation is 1. The normalized spacial score (nSPS) is 10.2. The Hall–Kier alpha value is -0.0500. The highest BCUT2D eigenvalue weighted by molar-refractivity contribution is 9.10. The van der Waals surface area contributed by atoms with Crippen molar-refractivity contribution in [2.24, 2.45) is 0 Å². The van der Waals surface area contributed by atoms with Gasteiger partial charge in [-0.15, -0.1) is 0 Å². The summed E-state index contributed by atoms with van der Waals surface area (Å²) < 4.78 is 0.916. The second-order valence-corrected chi connectivity index (χ2v) is 3.84. The third-order valence-electron chi connectivity index (χ3n) is 1.61. The lowest BCUT2D eigenvalue weighted by molar-refractivity contribution is 0.288. The summed E-state index contributed by atoms with van der Waals surface area (Å²) in [6, 6.07) is 5.82. The quantitative estimate of drug-likeness (QED) is 0.873. The van der Waals surface area contributed by atoms with Crippen molar-refractivity contribution in [1.29, 1.82) is 0 Å². The molecule has 0 aliphatic carbocycles. The Bertz CT molecular complexity index is 263. The number of rotatable bonds is 3. The van der Waals surface area contributed by atoms with Crippen LogP contribution in [0.15, 0.2) is 22.7 Å². The predicted molar refractivity (Wildman–Crippen MR) is 54.6 cm³/mol. The number of hydrogen-bond donors (Lipinski definition) is 1. The van der Waals surface area contributed by atoms with Crippen LogP contribution in [0.5, 0.6) is 0 Å². The molecule has 0 saturated heterocycles. The molecule has 0 aliphatic heterocycles. The molecule has 0 atom stereocenters. The van der Waals surface area contributed by atoms with Gasteiger partial charge in [0.05, 0.1) is 5.02 Å². The molecule has 3 heteroatoms. The molecule has 1 nitrogen and oxygen atoms in total. The van der Waals surface area contributed by atoms with E-state index in [0.29, 0.717) is 0 Å². The monoisotopic (exact) mass is 248 g/mol. The summed E-state index contributed by atoms with van der Waals surface area (Å²) in [5.74, 6) is 0. The van der Waals surface area contributed by atoms with E-state index in [1.807, 2.05) is 18.2 Å². The van der Waals surface area contributed by atoms with Crippen molar-refractivity contribution in [2.45, 2.75) is 12.8 Å². The molecule has 0 amide bonds. The van der Waals surface area contributed by atoms with Gasteiger partial charge in [-0.05, 0) is 46.5 Å². The van der Waals surface area contributed by atoms with Crippen LogP contribution in [0, 0.1) is 0 Å². The molecule has 0 heterocycles. The maximum Gasteiger partial charge on any atom is 0.0548 e. The molecule has 1 rings (SSSR count). The van der Waals surface area contributed by atoms with Crippen LogP contribution >= 0.6 is 27.5 Å². The van der Waals surface area contributed by atoms with E-state index in [-0.39, 0.29) is 6.61 Å². The fourth-order valence-electron chi connectivity index (χ4n) is 0.978. The molecule has 0 fully saturated rings. The maximum absolute atomic E-state index is 8.61. The minimum absolute atomic E-state index is 0.236. The minimum Gasteiger partial charge on any atom is -0.396 e. The molecule has 66 valence electrons. The summed E-state index contributed by atoms with van der Waals surface area (Å²) in [7, 11) is 0. The van der Waals surface area contributed by atoms with Crippen molar-refractivity contribution < 1.29 is 5.11 Å². The first kappa shape index (κ1) is 10.0. The van der Waals surface area contributed by atoms with Gasteiger partial charge in [0.1, 0.15) is 0 Å². The van der Waals surface area contributed by atoms with Crippen LogP contribution in [0.3, 0.4) is 0 Å². The summed E-state index contributed by atoms with van der Waals surface area (Å²) in [6.07, 6.45) is 1.69. The average molecular weight is 250 g/mol. The molecule has 0 bridgehead atoms. The van der Waals surface area contributed by atoms with Gasteiger partial charge in [-0.1, -0.05) is 17.7 Å². The Morgan fingerprint density at radius 2 is 2.17 bits per heavy atom. The third kappa shape index (κ3) is 2.77. The maximum atomic E-state index is 8.61. The largest absolute Gasteiger partial charge is 0.396 e. The number of benzene rings is 1. The van der Waals surface area contributed by atoms with Crippen LogP contribution in [0.2, 0.25) is 5.02 Å². The van der Waals surface area contributed by atoms with Crippen molar-refractivity contribution >= 4 is 27.5 Å². The van der Waals surface area contributed by atoms with Crippen LogP contribution in [0.1, 0.15) is 12.0 Å². The first-order valence-electron chi connectivity index (χ1n) is 3.79. The summed E-state index contributed by atoms with van der Waals surface area (Å²) in [6.45, 7) is 0.236. The van der Waals surface area contributed by atoms with Gasteiger partial charge >= 0.3 is 0 Å². The van der Waals surface area contributed by atoms with E-state index in [0.717, 1.165) is 22.3 Å². The minimum atomic E-state index is 0.236. The van der Waals surface area contributed by atoms with Crippen LogP contribution in [0.4, 0.5) is 0 Å². The van der Waals surface area contributed by atoms with Gasteiger partial charge in [-0.25, -0.2) is 0 Å². The van der Waals surface area contributed by atoms with Gasteiger partial charge in [0.25, 0.3) is 0 Å². The number of hydrogen-bond acceptors (Lipinski definition) is 1. The molecule has 1 N–H and O–H groups in total. The molecule has 0 radical (unpaired) electrons. The van der Waals surface area contributed by atoms with E-state index in [1.54, 1.807) is 0 Å². The van der Waals surface area contributed by atoms with Crippen LogP contribution in [-0.4, -0.2) is 11.7 Å². The molecular formula is C9H10BrClO. The van der Waals surface area contributed by atoms with Gasteiger partial charge < -0.3 is 5.11 Å². The number of halogens is 2. The zero-order chi connectivity index (χ0) is 8.97. The van der Waals surface area contributed by atoms with Gasteiger partial charge in [-0.2, -0.15) is 0 Å². The molecule has 0 unspecified atom stereocenters. The van der Waals surface area contributed by atoms with Crippen LogP contribution in [-0.2, 0) is 6.42 Å². The third-order valence-corrected chi connectivity index (χ3v) is 2.82. The van der Waals surface area contributed by atoms with E-state index in [1.165, 1.54) is 5.56 Å². The van der Waals surface area contributed by atoms with Gasteiger partial charge in [0, 0.05) is 11.1 Å². The summed E-state index contributed by atoms with van der Waals surface area (Å²) >= 11 is 9.16. The van der Waals surface area contributed by atoms with Crippen molar-refractivity contribution in [2.75, 3.05) is 6.61 Å². The molecular weight excluding hydrogens is 239 g/mol. The molecule has 1 aromatic rings. The molecule has 0 aromatic heterocycles. The van der Waals surface area contributed by atoms with Crippen molar-refractivity contribution in [3.8, 4) is 0 Å². The molecule has 0 aliphatic rings. The van der Waals surface area contributed by atoms with E-state index in [9.17, 15) is 0 Å². The fraction of sp³-hybridized carbons (Fsp3) is 0.333. The number of aliphatic hydroxyl groups is 1. The van der Waals surface area contributed by atoms with Crippen LogP contribution < -0.4 is 0 Å². The Labute approximate surface area is 85.5 Å². The zero-order valence-electron chi connectivity index (χ0n) is 6.56. The van der Waals surface area contributed by atoms with Crippen molar-refractivity contribution in [3.05, 3.63) is 33.3 Å². The van der Waals surface area contributed by atoms with Gasteiger partial charge in [0.15, 0.2) is 0 Å². The Kier molecular flexibility index (Phi) is 4.06. The van der Waals surface area contributed by atoms with Crippen molar-refractivity contribution in [3.63, 3.8) is 0 Å². The van der Waals surface area contributed by atoms with E-state index < -0.39 is 0 Å². The standard InChI is InChI=1S/C9H10BrClO/c10-8-6-7(2-1-5-12)3-4-9(8)11/h3-4,6,12H,1-2,5H2. The lowest BCUT2D eigenvalue weighted by atomic mass is 10.1. The Balaban J connectivity index is 2.69. The topological polar surface area (TPSA) is 20.2 Å². The summed E-state index contributed by atoms with van der Waals surface area (Å²) in [5.41, 5.74) is 1.19. The second kappa shape index (κ2) is 4.85. The highest BCUT2D eigenvalue weighted by Gasteiger charge is 1.98. The second-order valence-electron chi connectivity index (χ2n) is 2.58. The predicted octanol–water partition coefficient (Wildman–Crippen LogP) is 3.03. The van der Waals surface area contributed by atoms with E-state index in [2.05, 4.69) is 15.9 Å².